The smallest absolute Gasteiger partial charge is 0.268 e. The van der Waals surface area contributed by atoms with Crippen molar-refractivity contribution in [2.45, 2.75) is 11.6 Å². The van der Waals surface area contributed by atoms with E-state index >= 15 is 0 Å². The molecule has 0 aliphatic carbocycles. The van der Waals surface area contributed by atoms with E-state index in [1.807, 2.05) is 66.7 Å². The van der Waals surface area contributed by atoms with Gasteiger partial charge in [0.15, 0.2) is 0 Å². The number of benzene rings is 2. The van der Waals surface area contributed by atoms with Gasteiger partial charge in [-0.05, 0) is 11.1 Å². The van der Waals surface area contributed by atoms with Gasteiger partial charge in [-0.25, -0.2) is 4.79 Å². The molecule has 1 aromatic heterocycles. The minimum absolute atomic E-state index is 0.242. The van der Waals surface area contributed by atoms with Crippen molar-refractivity contribution in [2.24, 2.45) is 0 Å². The Morgan fingerprint density at radius 3 is 2.32 bits per heavy atom. The summed E-state index contributed by atoms with van der Waals surface area (Å²) in [6.07, 6.45) is 3.70. The summed E-state index contributed by atoms with van der Waals surface area (Å²) in [6, 6.07) is 19.1. The predicted octanol–water partition coefficient (Wildman–Crippen LogP) is 3.30. The minimum atomic E-state index is -0.299. The number of nitrogens with zero attached hydrogens (tertiary/aromatic N) is 2. The van der Waals surface area contributed by atoms with Crippen molar-refractivity contribution in [3.8, 4) is 11.1 Å². The third kappa shape index (κ3) is 2.87. The van der Waals surface area contributed by atoms with Crippen LogP contribution < -0.4 is 11.2 Å². The van der Waals surface area contributed by atoms with Crippen LogP contribution in [0.25, 0.3) is 17.3 Å². The number of fused-ring (bicyclic) bond motifs is 1. The molecule has 0 amide bonds. The van der Waals surface area contributed by atoms with E-state index in [0.717, 1.165) is 16.9 Å². The summed E-state index contributed by atoms with van der Waals surface area (Å²) in [5, 5.41) is 0.716. The molecule has 0 fully saturated rings. The average Bonchev–Trinajstić information content (AvgIpc) is 2.67. The van der Waals surface area contributed by atoms with Gasteiger partial charge < -0.3 is 0 Å². The second-order valence-electron chi connectivity index (χ2n) is 5.77. The van der Waals surface area contributed by atoms with Crippen LogP contribution in [-0.2, 0) is 6.54 Å². The van der Waals surface area contributed by atoms with E-state index in [4.69, 9.17) is 0 Å². The topological polar surface area (TPSA) is 44.0 Å². The first-order chi connectivity index (χ1) is 12.3. The zero-order chi connectivity index (χ0) is 17.2. The quantitative estimate of drug-likeness (QED) is 0.682. The van der Waals surface area contributed by atoms with Crippen LogP contribution in [0.2, 0.25) is 0 Å². The molecule has 0 saturated carbocycles. The number of hydrogen-bond acceptors (Lipinski definition) is 3. The molecule has 1 aliphatic heterocycles. The first kappa shape index (κ1) is 15.7. The van der Waals surface area contributed by atoms with Crippen molar-refractivity contribution >= 4 is 18.0 Å². The van der Waals surface area contributed by atoms with Crippen molar-refractivity contribution in [2.75, 3.05) is 5.75 Å². The van der Waals surface area contributed by atoms with Gasteiger partial charge >= 0.3 is 5.69 Å². The maximum absolute atomic E-state index is 13.2. The van der Waals surface area contributed by atoms with E-state index in [2.05, 4.69) is 0 Å². The van der Waals surface area contributed by atoms with E-state index in [1.165, 1.54) is 16.3 Å². The van der Waals surface area contributed by atoms with Gasteiger partial charge in [0.2, 0.25) is 0 Å². The molecule has 25 heavy (non-hydrogen) atoms. The number of hydrogen-bond donors (Lipinski definition) is 0. The van der Waals surface area contributed by atoms with E-state index in [-0.39, 0.29) is 17.8 Å². The van der Waals surface area contributed by atoms with Gasteiger partial charge in [0.25, 0.3) is 5.56 Å². The fraction of sp³-hybridized carbons (Fsp3) is 0.100. The molecular weight excluding hydrogens is 332 g/mol. The fourth-order valence-corrected chi connectivity index (χ4v) is 3.92. The van der Waals surface area contributed by atoms with Crippen LogP contribution in [0.15, 0.2) is 81.4 Å². The van der Waals surface area contributed by atoms with E-state index in [1.54, 1.807) is 10.8 Å². The lowest BCUT2D eigenvalue weighted by Crippen LogP contribution is -2.41. The van der Waals surface area contributed by atoms with Crippen LogP contribution in [0.3, 0.4) is 0 Å². The number of aromatic nitrogens is 2. The molecule has 4 rings (SSSR count). The Morgan fingerprint density at radius 2 is 1.60 bits per heavy atom. The lowest BCUT2D eigenvalue weighted by atomic mass is 10.1. The van der Waals surface area contributed by atoms with Gasteiger partial charge in [0.05, 0.1) is 17.1 Å². The Balaban J connectivity index is 1.99. The average molecular weight is 348 g/mol. The zero-order valence-electron chi connectivity index (χ0n) is 13.5. The normalized spacial score (nSPS) is 12.8. The van der Waals surface area contributed by atoms with Crippen LogP contribution in [0.4, 0.5) is 0 Å². The summed E-state index contributed by atoms with van der Waals surface area (Å²) in [7, 11) is 0. The molecule has 2 heterocycles. The van der Waals surface area contributed by atoms with Crippen LogP contribution >= 0.6 is 11.8 Å². The van der Waals surface area contributed by atoms with E-state index < -0.39 is 0 Å². The van der Waals surface area contributed by atoms with E-state index in [9.17, 15) is 9.59 Å². The number of thioether (sulfide) groups is 1. The van der Waals surface area contributed by atoms with Crippen LogP contribution in [0.5, 0.6) is 0 Å². The van der Waals surface area contributed by atoms with Gasteiger partial charge in [-0.2, -0.15) is 0 Å². The largest absolute Gasteiger partial charge is 0.336 e. The molecule has 2 aromatic carbocycles. The highest BCUT2D eigenvalue weighted by molar-refractivity contribution is 7.99. The second kappa shape index (κ2) is 6.61. The Hall–Kier alpha value is -2.79. The summed E-state index contributed by atoms with van der Waals surface area (Å²) in [5.74, 6) is 0.751. The summed E-state index contributed by atoms with van der Waals surface area (Å²) < 4.78 is 2.90. The third-order valence-electron chi connectivity index (χ3n) is 4.15. The van der Waals surface area contributed by atoms with Gasteiger partial charge in [-0.1, -0.05) is 66.7 Å². The van der Waals surface area contributed by atoms with Crippen LogP contribution in [0.1, 0.15) is 5.56 Å². The zero-order valence-corrected chi connectivity index (χ0v) is 14.3. The Labute approximate surface area is 149 Å². The highest BCUT2D eigenvalue weighted by Crippen LogP contribution is 2.30. The SMILES string of the molecule is O=c1c(-c2ccccc2)c2n(c(=O)n1Cc1ccccc1)C=CCS2. The Morgan fingerprint density at radius 1 is 0.920 bits per heavy atom. The summed E-state index contributed by atoms with van der Waals surface area (Å²) in [4.78, 5) is 26.1. The molecule has 124 valence electrons. The standard InChI is InChI=1S/C20H16N2O2S/c23-18-17(16-10-5-2-6-11-16)19-21(12-7-13-25-19)20(24)22(18)14-15-8-3-1-4-9-15/h1-12H,13-14H2. The van der Waals surface area contributed by atoms with Gasteiger partial charge in [0, 0.05) is 12.0 Å². The summed E-state index contributed by atoms with van der Waals surface area (Å²) in [5.41, 5.74) is 1.81. The monoisotopic (exact) mass is 348 g/mol. The molecule has 1 aliphatic rings. The van der Waals surface area contributed by atoms with Crippen molar-refractivity contribution in [3.05, 3.63) is 93.1 Å². The first-order valence-corrected chi connectivity index (χ1v) is 9.02. The molecule has 0 radical (unpaired) electrons. The minimum Gasteiger partial charge on any atom is -0.268 e. The maximum atomic E-state index is 13.2. The van der Waals surface area contributed by atoms with Crippen molar-refractivity contribution in [1.82, 2.24) is 9.13 Å². The van der Waals surface area contributed by atoms with Crippen molar-refractivity contribution in [3.63, 3.8) is 0 Å². The molecule has 0 spiro atoms. The molecule has 0 atom stereocenters. The van der Waals surface area contributed by atoms with Gasteiger partial charge in [-0.3, -0.25) is 13.9 Å². The Bertz CT molecular complexity index is 1050. The first-order valence-electron chi connectivity index (χ1n) is 8.04. The lowest BCUT2D eigenvalue weighted by molar-refractivity contribution is 0.654. The molecule has 5 heteroatoms. The summed E-state index contributed by atoms with van der Waals surface area (Å²) in [6.45, 7) is 0.261. The number of rotatable bonds is 3. The molecule has 0 N–H and O–H groups in total. The molecule has 0 saturated heterocycles. The maximum Gasteiger partial charge on any atom is 0.336 e. The van der Waals surface area contributed by atoms with Gasteiger partial charge in [-0.15, -0.1) is 11.8 Å². The van der Waals surface area contributed by atoms with Crippen molar-refractivity contribution in [1.29, 1.82) is 0 Å². The van der Waals surface area contributed by atoms with Crippen LogP contribution in [0, 0.1) is 0 Å². The molecule has 0 bridgehead atoms. The highest BCUT2D eigenvalue weighted by atomic mass is 32.2. The van der Waals surface area contributed by atoms with Crippen molar-refractivity contribution < 1.29 is 0 Å². The highest BCUT2D eigenvalue weighted by Gasteiger charge is 2.21. The predicted molar refractivity (Wildman–Crippen MR) is 102 cm³/mol. The molecule has 0 unspecified atom stereocenters. The molecular formula is C20H16N2O2S. The fourth-order valence-electron chi connectivity index (χ4n) is 2.96. The van der Waals surface area contributed by atoms with Crippen LogP contribution in [-0.4, -0.2) is 14.9 Å². The molecule has 3 aromatic rings. The van der Waals surface area contributed by atoms with Gasteiger partial charge in [0.1, 0.15) is 0 Å². The second-order valence-corrected chi connectivity index (χ2v) is 6.78. The summed E-state index contributed by atoms with van der Waals surface area (Å²) >= 11 is 1.52. The molecule has 4 nitrogen and oxygen atoms in total. The van der Waals surface area contributed by atoms with E-state index in [0.29, 0.717) is 10.6 Å². The Kier molecular flexibility index (Phi) is 4.15. The lowest BCUT2D eigenvalue weighted by Gasteiger charge is -2.19. The third-order valence-corrected chi connectivity index (χ3v) is 5.18.